The van der Waals surface area contributed by atoms with Gasteiger partial charge in [-0.25, -0.2) is 14.6 Å². The molecule has 2 aromatic carbocycles. The molecule has 0 saturated heterocycles. The molecule has 0 atom stereocenters. The van der Waals surface area contributed by atoms with E-state index in [4.69, 9.17) is 11.6 Å². The summed E-state index contributed by atoms with van der Waals surface area (Å²) in [4.78, 5) is 18.8. The molecule has 0 aliphatic rings. The van der Waals surface area contributed by atoms with Gasteiger partial charge in [-0.15, -0.1) is 11.3 Å². The van der Waals surface area contributed by atoms with Gasteiger partial charge in [0.25, 0.3) is 5.69 Å². The maximum Gasteiger partial charge on any atom is 0.269 e. The van der Waals surface area contributed by atoms with Crippen molar-refractivity contribution in [2.24, 2.45) is 5.10 Å². The fourth-order valence-electron chi connectivity index (χ4n) is 2.63. The van der Waals surface area contributed by atoms with Crippen LogP contribution < -0.4 is 5.43 Å². The molecule has 0 aliphatic carbocycles. The standard InChI is InChI=1S/C19H14ClN7O2S/c20-15-5-1-13(2-6-15)17(9-26-12-21-11-22-26)24-25-19-23-18(10-30-19)14-3-7-16(8-4-14)27(28)29/h1-8,10-12H,9H2,(H,23,25)/b24-17-. The number of nitrogens with one attached hydrogen (secondary N) is 1. The predicted octanol–water partition coefficient (Wildman–Crippen LogP) is 4.48. The molecule has 0 radical (unpaired) electrons. The summed E-state index contributed by atoms with van der Waals surface area (Å²) in [5.74, 6) is 0. The highest BCUT2D eigenvalue weighted by Gasteiger charge is 2.10. The van der Waals surface area contributed by atoms with E-state index in [1.165, 1.54) is 29.8 Å². The average Bonchev–Trinajstić information content (AvgIpc) is 3.44. The predicted molar refractivity (Wildman–Crippen MR) is 116 cm³/mol. The third kappa shape index (κ3) is 4.67. The van der Waals surface area contributed by atoms with Crippen LogP contribution in [0.1, 0.15) is 5.56 Å². The third-order valence-electron chi connectivity index (χ3n) is 4.12. The Kier molecular flexibility index (Phi) is 5.77. The van der Waals surface area contributed by atoms with Crippen molar-refractivity contribution in [2.45, 2.75) is 6.54 Å². The van der Waals surface area contributed by atoms with Gasteiger partial charge in [0.15, 0.2) is 0 Å². The highest BCUT2D eigenvalue weighted by molar-refractivity contribution is 7.14. The third-order valence-corrected chi connectivity index (χ3v) is 5.12. The zero-order valence-electron chi connectivity index (χ0n) is 15.3. The molecule has 0 saturated carbocycles. The van der Waals surface area contributed by atoms with Gasteiger partial charge < -0.3 is 0 Å². The second kappa shape index (κ2) is 8.80. The Bertz CT molecular complexity index is 1170. The molecule has 4 rings (SSSR count). The first kappa shape index (κ1) is 19.7. The summed E-state index contributed by atoms with van der Waals surface area (Å²) in [6, 6.07) is 13.6. The lowest BCUT2D eigenvalue weighted by Crippen LogP contribution is -2.14. The number of non-ortho nitro benzene ring substituents is 1. The maximum atomic E-state index is 10.8. The number of thiazole rings is 1. The normalized spacial score (nSPS) is 11.4. The topological polar surface area (TPSA) is 111 Å². The van der Waals surface area contributed by atoms with Crippen molar-refractivity contribution in [1.29, 1.82) is 0 Å². The zero-order valence-corrected chi connectivity index (χ0v) is 16.9. The summed E-state index contributed by atoms with van der Waals surface area (Å²) in [5.41, 5.74) is 6.12. The van der Waals surface area contributed by atoms with E-state index in [1.54, 1.807) is 35.3 Å². The fraction of sp³-hybridized carbons (Fsp3) is 0.0526. The molecule has 30 heavy (non-hydrogen) atoms. The minimum atomic E-state index is -0.431. The first-order valence-corrected chi connectivity index (χ1v) is 9.95. The number of hydrazone groups is 1. The Morgan fingerprint density at radius 1 is 1.20 bits per heavy atom. The van der Waals surface area contributed by atoms with Gasteiger partial charge in [0.2, 0.25) is 5.13 Å². The molecule has 150 valence electrons. The monoisotopic (exact) mass is 439 g/mol. The van der Waals surface area contributed by atoms with E-state index >= 15 is 0 Å². The van der Waals surface area contributed by atoms with Crippen LogP contribution in [-0.4, -0.2) is 30.4 Å². The molecule has 2 aromatic heterocycles. The van der Waals surface area contributed by atoms with Gasteiger partial charge in [-0.3, -0.25) is 15.5 Å². The second-order valence-corrected chi connectivity index (χ2v) is 7.41. The van der Waals surface area contributed by atoms with E-state index in [0.717, 1.165) is 16.8 Å². The van der Waals surface area contributed by atoms with Crippen LogP contribution in [0.3, 0.4) is 0 Å². The summed E-state index contributed by atoms with van der Waals surface area (Å²) >= 11 is 7.37. The smallest absolute Gasteiger partial charge is 0.258 e. The van der Waals surface area contributed by atoms with Gasteiger partial charge in [0.05, 0.1) is 22.9 Å². The van der Waals surface area contributed by atoms with Crippen molar-refractivity contribution in [3.05, 3.63) is 87.3 Å². The largest absolute Gasteiger partial charge is 0.269 e. The van der Waals surface area contributed by atoms with Gasteiger partial charge in [-0.05, 0) is 29.8 Å². The Labute approximate surface area is 179 Å². The number of halogens is 1. The molecule has 0 bridgehead atoms. The lowest BCUT2D eigenvalue weighted by Gasteiger charge is -2.07. The summed E-state index contributed by atoms with van der Waals surface area (Å²) < 4.78 is 1.67. The van der Waals surface area contributed by atoms with Crippen molar-refractivity contribution < 1.29 is 4.92 Å². The van der Waals surface area contributed by atoms with Gasteiger partial charge in [-0.2, -0.15) is 10.2 Å². The van der Waals surface area contributed by atoms with E-state index in [2.05, 4.69) is 25.6 Å². The van der Waals surface area contributed by atoms with Crippen molar-refractivity contribution in [1.82, 2.24) is 19.7 Å². The molecule has 1 N–H and O–H groups in total. The molecule has 9 nitrogen and oxygen atoms in total. The summed E-state index contributed by atoms with van der Waals surface area (Å²) in [6.07, 6.45) is 3.08. The Morgan fingerprint density at radius 3 is 2.63 bits per heavy atom. The van der Waals surface area contributed by atoms with Crippen LogP contribution in [-0.2, 0) is 6.54 Å². The molecule has 11 heteroatoms. The van der Waals surface area contributed by atoms with Crippen LogP contribution >= 0.6 is 22.9 Å². The molecular weight excluding hydrogens is 426 g/mol. The average molecular weight is 440 g/mol. The number of hydrogen-bond acceptors (Lipinski definition) is 8. The molecule has 4 aromatic rings. The number of aromatic nitrogens is 4. The lowest BCUT2D eigenvalue weighted by atomic mass is 10.1. The summed E-state index contributed by atoms with van der Waals surface area (Å²) in [6.45, 7) is 0.412. The number of anilines is 1. The van der Waals surface area contributed by atoms with E-state index in [9.17, 15) is 10.1 Å². The van der Waals surface area contributed by atoms with Crippen molar-refractivity contribution in [2.75, 3.05) is 5.43 Å². The highest BCUT2D eigenvalue weighted by atomic mass is 35.5. The highest BCUT2D eigenvalue weighted by Crippen LogP contribution is 2.26. The molecule has 0 spiro atoms. The van der Waals surface area contributed by atoms with Crippen molar-refractivity contribution >= 4 is 39.5 Å². The van der Waals surface area contributed by atoms with E-state index in [-0.39, 0.29) is 5.69 Å². The van der Waals surface area contributed by atoms with Gasteiger partial charge in [0, 0.05) is 28.1 Å². The quantitative estimate of drug-likeness (QED) is 0.258. The molecule has 2 heterocycles. The van der Waals surface area contributed by atoms with Crippen LogP contribution in [0.15, 0.2) is 71.7 Å². The van der Waals surface area contributed by atoms with Crippen LogP contribution in [0.4, 0.5) is 10.8 Å². The number of nitro benzene ring substituents is 1. The first-order chi connectivity index (χ1) is 14.6. The number of rotatable bonds is 7. The minimum absolute atomic E-state index is 0.0395. The molecular formula is C19H14ClN7O2S. The number of nitrogens with zero attached hydrogens (tertiary/aromatic N) is 6. The molecule has 0 aliphatic heterocycles. The molecule has 0 amide bonds. The Hall–Kier alpha value is -3.63. The van der Waals surface area contributed by atoms with Crippen molar-refractivity contribution in [3.8, 4) is 11.3 Å². The Balaban J connectivity index is 1.55. The number of hydrogen-bond donors (Lipinski definition) is 1. The van der Waals surface area contributed by atoms with Crippen LogP contribution in [0.2, 0.25) is 5.02 Å². The minimum Gasteiger partial charge on any atom is -0.258 e. The first-order valence-electron chi connectivity index (χ1n) is 8.70. The Morgan fingerprint density at radius 2 is 1.97 bits per heavy atom. The van der Waals surface area contributed by atoms with Gasteiger partial charge in [0.1, 0.15) is 12.7 Å². The lowest BCUT2D eigenvalue weighted by molar-refractivity contribution is -0.384. The van der Waals surface area contributed by atoms with Crippen LogP contribution in [0, 0.1) is 10.1 Å². The van der Waals surface area contributed by atoms with Crippen LogP contribution in [0.25, 0.3) is 11.3 Å². The van der Waals surface area contributed by atoms with E-state index in [0.29, 0.717) is 22.4 Å². The number of benzene rings is 2. The van der Waals surface area contributed by atoms with Crippen LogP contribution in [0.5, 0.6) is 0 Å². The van der Waals surface area contributed by atoms with Gasteiger partial charge in [-0.1, -0.05) is 23.7 Å². The van der Waals surface area contributed by atoms with Gasteiger partial charge >= 0.3 is 0 Å². The van der Waals surface area contributed by atoms with E-state index < -0.39 is 4.92 Å². The summed E-state index contributed by atoms with van der Waals surface area (Å²) in [7, 11) is 0. The fourth-order valence-corrected chi connectivity index (χ4v) is 3.42. The van der Waals surface area contributed by atoms with E-state index in [1.807, 2.05) is 17.5 Å². The number of nitro groups is 1. The maximum absolute atomic E-state index is 10.8. The van der Waals surface area contributed by atoms with Crippen molar-refractivity contribution in [3.63, 3.8) is 0 Å². The second-order valence-electron chi connectivity index (χ2n) is 6.11. The zero-order chi connectivity index (χ0) is 20.9. The summed E-state index contributed by atoms with van der Waals surface area (Å²) in [5, 5.41) is 22.5. The molecule has 0 unspecified atom stereocenters. The SMILES string of the molecule is O=[N+]([O-])c1ccc(-c2csc(N/N=C(/Cn3cncn3)c3ccc(Cl)cc3)n2)cc1. The molecule has 0 fully saturated rings.